The number of halogens is 2. The minimum Gasteiger partial charge on any atom is -0.467 e. The Bertz CT molecular complexity index is 1170. The molecule has 11 heteroatoms. The standard InChI is InChI=1S/C25H28Cl2N6O3/c1-2-9-28-25(35)33(16-19-4-3-14-36-19)17-24(34)32-12-10-31(11-13-32)23-8-7-22(29-30-23)20-6-5-18(26)15-21(20)27/h3-8,14-15H,2,9-13,16-17H2,1H3,(H,28,35). The predicted molar refractivity (Wildman–Crippen MR) is 139 cm³/mol. The molecule has 0 saturated carbocycles. The topological polar surface area (TPSA) is 94.8 Å². The Kier molecular flexibility index (Phi) is 8.66. The number of piperazine rings is 1. The van der Waals surface area contributed by atoms with Crippen LogP contribution in [0, 0.1) is 0 Å². The summed E-state index contributed by atoms with van der Waals surface area (Å²) in [5.74, 6) is 1.25. The smallest absolute Gasteiger partial charge is 0.318 e. The highest BCUT2D eigenvalue weighted by Gasteiger charge is 2.26. The van der Waals surface area contributed by atoms with Gasteiger partial charge >= 0.3 is 6.03 Å². The van der Waals surface area contributed by atoms with Gasteiger partial charge in [-0.05, 0) is 48.9 Å². The maximum atomic E-state index is 13.0. The molecule has 1 fully saturated rings. The Morgan fingerprint density at radius 2 is 1.89 bits per heavy atom. The highest BCUT2D eigenvalue weighted by atomic mass is 35.5. The van der Waals surface area contributed by atoms with Crippen LogP contribution in [-0.4, -0.2) is 71.2 Å². The van der Waals surface area contributed by atoms with Crippen molar-refractivity contribution in [3.8, 4) is 11.3 Å². The summed E-state index contributed by atoms with van der Waals surface area (Å²) >= 11 is 12.3. The number of aromatic nitrogens is 2. The third kappa shape index (κ3) is 6.47. The largest absolute Gasteiger partial charge is 0.467 e. The van der Waals surface area contributed by atoms with Gasteiger partial charge in [-0.1, -0.05) is 30.1 Å². The fourth-order valence-corrected chi connectivity index (χ4v) is 4.42. The van der Waals surface area contributed by atoms with Crippen molar-refractivity contribution >= 4 is 41.0 Å². The van der Waals surface area contributed by atoms with Gasteiger partial charge in [-0.3, -0.25) is 4.79 Å². The number of rotatable bonds is 8. The molecule has 0 unspecified atom stereocenters. The minimum atomic E-state index is -0.281. The molecule has 0 radical (unpaired) electrons. The van der Waals surface area contributed by atoms with E-state index in [1.807, 2.05) is 25.1 Å². The van der Waals surface area contributed by atoms with E-state index in [9.17, 15) is 9.59 Å². The summed E-state index contributed by atoms with van der Waals surface area (Å²) in [6.07, 6.45) is 2.37. The summed E-state index contributed by atoms with van der Waals surface area (Å²) in [7, 11) is 0. The normalized spacial score (nSPS) is 13.5. The molecule has 190 valence electrons. The molecule has 0 spiro atoms. The van der Waals surface area contributed by atoms with Crippen LogP contribution in [0.1, 0.15) is 19.1 Å². The van der Waals surface area contributed by atoms with Crippen molar-refractivity contribution in [2.24, 2.45) is 0 Å². The van der Waals surface area contributed by atoms with Gasteiger partial charge in [0, 0.05) is 43.3 Å². The molecular weight excluding hydrogens is 503 g/mol. The summed E-state index contributed by atoms with van der Waals surface area (Å²) in [6.45, 7) is 5.01. The fraction of sp³-hybridized carbons (Fsp3) is 0.360. The van der Waals surface area contributed by atoms with Gasteiger partial charge in [0.25, 0.3) is 0 Å². The van der Waals surface area contributed by atoms with E-state index in [0.29, 0.717) is 54.2 Å². The molecule has 2 aromatic heterocycles. The van der Waals surface area contributed by atoms with E-state index < -0.39 is 0 Å². The van der Waals surface area contributed by atoms with E-state index in [1.54, 1.807) is 35.4 Å². The lowest BCUT2D eigenvalue weighted by Crippen LogP contribution is -2.53. The van der Waals surface area contributed by atoms with Crippen LogP contribution < -0.4 is 10.2 Å². The number of nitrogens with zero attached hydrogens (tertiary/aromatic N) is 5. The predicted octanol–water partition coefficient (Wildman–Crippen LogP) is 4.31. The van der Waals surface area contributed by atoms with Gasteiger partial charge in [-0.15, -0.1) is 10.2 Å². The Morgan fingerprint density at radius 1 is 1.08 bits per heavy atom. The van der Waals surface area contributed by atoms with Gasteiger partial charge in [-0.2, -0.15) is 0 Å². The lowest BCUT2D eigenvalue weighted by atomic mass is 10.1. The second kappa shape index (κ2) is 12.1. The minimum absolute atomic E-state index is 0.0212. The molecule has 0 bridgehead atoms. The van der Waals surface area contributed by atoms with Gasteiger partial charge in [0.05, 0.1) is 23.5 Å². The van der Waals surface area contributed by atoms with E-state index in [-0.39, 0.29) is 25.0 Å². The average molecular weight is 531 g/mol. The summed E-state index contributed by atoms with van der Waals surface area (Å²) in [5, 5.41) is 12.6. The first-order valence-electron chi connectivity index (χ1n) is 11.8. The lowest BCUT2D eigenvalue weighted by molar-refractivity contribution is -0.132. The maximum Gasteiger partial charge on any atom is 0.318 e. The van der Waals surface area contributed by atoms with Gasteiger partial charge in [0.15, 0.2) is 5.82 Å². The zero-order valence-corrected chi connectivity index (χ0v) is 21.5. The van der Waals surface area contributed by atoms with Crippen LogP contribution in [0.25, 0.3) is 11.3 Å². The molecule has 0 aliphatic carbocycles. The summed E-state index contributed by atoms with van der Waals surface area (Å²) in [5.41, 5.74) is 1.42. The van der Waals surface area contributed by atoms with Gasteiger partial charge in [0.1, 0.15) is 12.3 Å². The first-order chi connectivity index (χ1) is 17.4. The number of hydrogen-bond donors (Lipinski definition) is 1. The molecule has 3 heterocycles. The van der Waals surface area contributed by atoms with E-state index in [2.05, 4.69) is 20.4 Å². The van der Waals surface area contributed by atoms with Crippen molar-refractivity contribution in [3.05, 3.63) is 64.5 Å². The second-order valence-corrected chi connectivity index (χ2v) is 9.28. The third-order valence-electron chi connectivity index (χ3n) is 5.88. The summed E-state index contributed by atoms with van der Waals surface area (Å²) in [6, 6.07) is 12.3. The van der Waals surface area contributed by atoms with Crippen LogP contribution in [0.3, 0.4) is 0 Å². The van der Waals surface area contributed by atoms with E-state index in [1.165, 1.54) is 4.90 Å². The van der Waals surface area contributed by atoms with Crippen LogP contribution in [-0.2, 0) is 11.3 Å². The van der Waals surface area contributed by atoms with Crippen LogP contribution >= 0.6 is 23.2 Å². The number of amides is 3. The van der Waals surface area contributed by atoms with Crippen molar-refractivity contribution in [3.63, 3.8) is 0 Å². The van der Waals surface area contributed by atoms with Crippen LogP contribution in [0.2, 0.25) is 10.0 Å². The number of hydrogen-bond acceptors (Lipinski definition) is 6. The van der Waals surface area contributed by atoms with Crippen molar-refractivity contribution in [1.29, 1.82) is 0 Å². The number of urea groups is 1. The highest BCUT2D eigenvalue weighted by molar-refractivity contribution is 6.36. The zero-order chi connectivity index (χ0) is 25.5. The molecule has 1 aliphatic heterocycles. The Labute approximate surface area is 220 Å². The number of anilines is 1. The summed E-state index contributed by atoms with van der Waals surface area (Å²) < 4.78 is 5.38. The monoisotopic (exact) mass is 530 g/mol. The first kappa shape index (κ1) is 25.8. The zero-order valence-electron chi connectivity index (χ0n) is 20.0. The molecule has 0 atom stereocenters. The van der Waals surface area contributed by atoms with Crippen molar-refractivity contribution in [2.75, 3.05) is 44.2 Å². The Balaban J connectivity index is 1.34. The second-order valence-electron chi connectivity index (χ2n) is 8.44. The van der Waals surface area contributed by atoms with Crippen LogP contribution in [0.15, 0.2) is 53.1 Å². The number of nitrogens with one attached hydrogen (secondary N) is 1. The SMILES string of the molecule is CCCNC(=O)N(CC(=O)N1CCN(c2ccc(-c3ccc(Cl)cc3Cl)nn2)CC1)Cc1ccco1. The highest BCUT2D eigenvalue weighted by Crippen LogP contribution is 2.29. The van der Waals surface area contributed by atoms with E-state index in [4.69, 9.17) is 27.6 Å². The quantitative estimate of drug-likeness (QED) is 0.466. The van der Waals surface area contributed by atoms with E-state index >= 15 is 0 Å². The fourth-order valence-electron chi connectivity index (χ4n) is 3.92. The van der Waals surface area contributed by atoms with Crippen molar-refractivity contribution < 1.29 is 14.0 Å². The van der Waals surface area contributed by atoms with E-state index in [0.717, 1.165) is 17.8 Å². The van der Waals surface area contributed by atoms with Crippen LogP contribution in [0.5, 0.6) is 0 Å². The molecule has 3 aromatic rings. The molecular formula is C25H28Cl2N6O3. The molecule has 1 aliphatic rings. The van der Waals surface area contributed by atoms with Gasteiger partial charge in [0.2, 0.25) is 5.91 Å². The molecule has 1 saturated heterocycles. The lowest BCUT2D eigenvalue weighted by Gasteiger charge is -2.36. The van der Waals surface area contributed by atoms with Gasteiger partial charge in [-0.25, -0.2) is 4.79 Å². The molecule has 4 rings (SSSR count). The van der Waals surface area contributed by atoms with Gasteiger partial charge < -0.3 is 24.4 Å². The number of carbonyl (C=O) groups is 2. The van der Waals surface area contributed by atoms with Crippen LogP contribution in [0.4, 0.5) is 10.6 Å². The van der Waals surface area contributed by atoms with Crippen molar-refractivity contribution in [2.45, 2.75) is 19.9 Å². The maximum absolute atomic E-state index is 13.0. The number of furan rings is 1. The Morgan fingerprint density at radius 3 is 2.53 bits per heavy atom. The Hall–Kier alpha value is -3.30. The molecule has 3 amide bonds. The summed E-state index contributed by atoms with van der Waals surface area (Å²) in [4.78, 5) is 31.0. The number of carbonyl (C=O) groups excluding carboxylic acids is 2. The molecule has 1 aromatic carbocycles. The molecule has 9 nitrogen and oxygen atoms in total. The van der Waals surface area contributed by atoms with Crippen molar-refractivity contribution in [1.82, 2.24) is 25.3 Å². The molecule has 36 heavy (non-hydrogen) atoms. The number of benzene rings is 1. The third-order valence-corrected chi connectivity index (χ3v) is 6.43. The average Bonchev–Trinajstić information content (AvgIpc) is 3.40. The molecule has 1 N–H and O–H groups in total. The first-order valence-corrected chi connectivity index (χ1v) is 12.6.